The van der Waals surface area contributed by atoms with Gasteiger partial charge in [-0.1, -0.05) is 78.8 Å². The number of amides is 5. The van der Waals surface area contributed by atoms with Crippen molar-refractivity contribution < 1.29 is 28.8 Å². The zero-order valence-corrected chi connectivity index (χ0v) is 29.1. The third-order valence-corrected chi connectivity index (χ3v) is 8.75. The van der Waals surface area contributed by atoms with Crippen molar-refractivity contribution in [2.75, 3.05) is 6.54 Å². The van der Waals surface area contributed by atoms with Gasteiger partial charge in [0.25, 0.3) is 11.8 Å². The molecule has 0 spiro atoms. The van der Waals surface area contributed by atoms with E-state index in [1.54, 1.807) is 41.5 Å². The molecule has 1 unspecified atom stereocenters. The Hall–Kier alpha value is -4.68. The Morgan fingerprint density at radius 1 is 0.875 bits per heavy atom. The van der Waals surface area contributed by atoms with Crippen LogP contribution in [0.1, 0.15) is 90.3 Å². The second kappa shape index (κ2) is 16.4. The van der Waals surface area contributed by atoms with Crippen molar-refractivity contribution in [2.24, 2.45) is 17.3 Å². The van der Waals surface area contributed by atoms with E-state index in [1.807, 2.05) is 44.2 Å². The molecule has 48 heavy (non-hydrogen) atoms. The Balaban J connectivity index is 1.75. The van der Waals surface area contributed by atoms with E-state index in [0.29, 0.717) is 6.42 Å². The van der Waals surface area contributed by atoms with Crippen LogP contribution in [0.4, 0.5) is 0 Å². The molecule has 1 aliphatic rings. The fraction of sp³-hybridized carbons (Fsp3) is 0.543. The van der Waals surface area contributed by atoms with Crippen molar-refractivity contribution in [3.05, 3.63) is 60.2 Å². The van der Waals surface area contributed by atoms with Crippen molar-refractivity contribution in [2.45, 2.75) is 98.4 Å². The average molecular weight is 664 g/mol. The van der Waals surface area contributed by atoms with Crippen LogP contribution < -0.4 is 21.3 Å². The number of nitrogens with zero attached hydrogens (tertiary/aromatic N) is 3. The van der Waals surface area contributed by atoms with Crippen molar-refractivity contribution >= 4 is 35.3 Å². The van der Waals surface area contributed by atoms with Gasteiger partial charge in [-0.25, -0.2) is 4.98 Å². The number of Topliss-reactive ketones (excluding diaryl/α,β-unsaturated/α-hetero) is 1. The number of aromatic nitrogens is 2. The number of carbonyl (C=O) groups excluding carboxylic acids is 6. The van der Waals surface area contributed by atoms with Crippen molar-refractivity contribution in [3.63, 3.8) is 0 Å². The number of hydrogen-bond donors (Lipinski definition) is 4. The lowest BCUT2D eigenvalue weighted by molar-refractivity contribution is -0.146. The van der Waals surface area contributed by atoms with Crippen LogP contribution in [0.25, 0.3) is 0 Å². The molecule has 3 rings (SSSR count). The zero-order valence-electron chi connectivity index (χ0n) is 29.1. The molecular formula is C35H49N7O6. The molecule has 1 aromatic carbocycles. The molecule has 0 bridgehead atoms. The summed E-state index contributed by atoms with van der Waals surface area (Å²) < 4.78 is 0. The van der Waals surface area contributed by atoms with Crippen LogP contribution in [-0.2, 0) is 24.0 Å². The van der Waals surface area contributed by atoms with Gasteiger partial charge in [-0.3, -0.25) is 33.8 Å². The molecule has 2 heterocycles. The summed E-state index contributed by atoms with van der Waals surface area (Å²) in [5.74, 6) is -4.43. The molecule has 1 fully saturated rings. The largest absolute Gasteiger partial charge is 0.344 e. The predicted octanol–water partition coefficient (Wildman–Crippen LogP) is 2.34. The Kier molecular flexibility index (Phi) is 12.9. The van der Waals surface area contributed by atoms with Crippen LogP contribution in [0.5, 0.6) is 0 Å². The molecule has 1 saturated heterocycles. The van der Waals surface area contributed by atoms with Gasteiger partial charge < -0.3 is 26.2 Å². The molecule has 0 saturated carbocycles. The summed E-state index contributed by atoms with van der Waals surface area (Å²) >= 11 is 0. The fourth-order valence-electron chi connectivity index (χ4n) is 5.79. The highest BCUT2D eigenvalue weighted by Gasteiger charge is 2.49. The maximum Gasteiger partial charge on any atom is 0.290 e. The minimum absolute atomic E-state index is 0.0487. The van der Waals surface area contributed by atoms with Crippen LogP contribution in [0.15, 0.2) is 48.9 Å². The number of benzene rings is 1. The highest BCUT2D eigenvalue weighted by Crippen LogP contribution is 2.37. The molecule has 0 aliphatic carbocycles. The lowest BCUT2D eigenvalue weighted by Crippen LogP contribution is -2.61. The predicted molar refractivity (Wildman–Crippen MR) is 179 cm³/mol. The van der Waals surface area contributed by atoms with Gasteiger partial charge in [-0.2, -0.15) is 0 Å². The molecule has 4 N–H and O–H groups in total. The number of nitrogens with one attached hydrogen (secondary N) is 4. The van der Waals surface area contributed by atoms with Crippen LogP contribution in [0.3, 0.4) is 0 Å². The second-order valence-electron chi connectivity index (χ2n) is 13.6. The minimum atomic E-state index is -1.10. The first-order valence-electron chi connectivity index (χ1n) is 16.5. The van der Waals surface area contributed by atoms with E-state index in [2.05, 4.69) is 31.2 Å². The molecule has 0 radical (unpaired) electrons. The summed E-state index contributed by atoms with van der Waals surface area (Å²) in [4.78, 5) is 89.7. The lowest BCUT2D eigenvalue weighted by atomic mass is 9.83. The van der Waals surface area contributed by atoms with E-state index in [9.17, 15) is 28.8 Å². The van der Waals surface area contributed by atoms with Crippen molar-refractivity contribution in [3.8, 4) is 0 Å². The quantitative estimate of drug-likeness (QED) is 0.222. The summed E-state index contributed by atoms with van der Waals surface area (Å²) in [6.07, 6.45) is 4.76. The van der Waals surface area contributed by atoms with E-state index in [0.717, 1.165) is 5.56 Å². The van der Waals surface area contributed by atoms with Gasteiger partial charge in [-0.05, 0) is 42.6 Å². The van der Waals surface area contributed by atoms with Gasteiger partial charge in [0.15, 0.2) is 0 Å². The summed E-state index contributed by atoms with van der Waals surface area (Å²) in [6.45, 7) is 14.5. The van der Waals surface area contributed by atoms with E-state index >= 15 is 0 Å². The van der Waals surface area contributed by atoms with E-state index in [-0.39, 0.29) is 30.5 Å². The molecule has 5 amide bonds. The standard InChI is InChI=1S/C35H49N7O6/c1-9-24(28(43)32(46)38-22(6)23-13-11-10-12-14-23)39-33(47)29-35(7,8)15-18-42(29)34(48)27(21(4)5)41-31(45)26(20(2)3)40-30(44)25-19-36-16-17-37-25/h10-14,16-17,19-22,24,26-27,29H,9,15,18H2,1-8H3,(H,38,46)(H,39,47)(H,40,44)(H,41,45)/t22-,24?,26-,27-,29+/m0/s1. The number of carbonyl (C=O) groups is 6. The molecule has 13 heteroatoms. The molecule has 2 aromatic rings. The summed E-state index contributed by atoms with van der Waals surface area (Å²) in [5.41, 5.74) is 0.214. The van der Waals surface area contributed by atoms with E-state index in [1.165, 1.54) is 23.5 Å². The topological polar surface area (TPSA) is 180 Å². The van der Waals surface area contributed by atoms with Crippen LogP contribution in [0.2, 0.25) is 0 Å². The summed E-state index contributed by atoms with van der Waals surface area (Å²) in [6, 6.07) is 4.74. The monoisotopic (exact) mass is 663 g/mol. The van der Waals surface area contributed by atoms with Gasteiger partial charge >= 0.3 is 0 Å². The summed E-state index contributed by atoms with van der Waals surface area (Å²) in [7, 11) is 0. The summed E-state index contributed by atoms with van der Waals surface area (Å²) in [5, 5.41) is 10.9. The first kappa shape index (κ1) is 37.8. The van der Waals surface area contributed by atoms with E-state index < -0.39 is 70.9 Å². The van der Waals surface area contributed by atoms with Gasteiger partial charge in [0, 0.05) is 18.9 Å². The highest BCUT2D eigenvalue weighted by atomic mass is 16.2. The third kappa shape index (κ3) is 9.23. The zero-order chi connectivity index (χ0) is 35.8. The maximum atomic E-state index is 14.1. The molecular weight excluding hydrogens is 614 g/mol. The Morgan fingerprint density at radius 2 is 1.52 bits per heavy atom. The highest BCUT2D eigenvalue weighted by molar-refractivity contribution is 6.38. The van der Waals surface area contributed by atoms with Crippen LogP contribution in [-0.4, -0.2) is 80.9 Å². The van der Waals surface area contributed by atoms with E-state index in [4.69, 9.17) is 0 Å². The van der Waals surface area contributed by atoms with Gasteiger partial charge in [0.05, 0.1) is 18.3 Å². The van der Waals surface area contributed by atoms with Gasteiger partial charge in [0.1, 0.15) is 23.8 Å². The fourth-order valence-corrected chi connectivity index (χ4v) is 5.79. The average Bonchev–Trinajstić information content (AvgIpc) is 3.39. The van der Waals surface area contributed by atoms with Crippen molar-refractivity contribution in [1.82, 2.24) is 36.1 Å². The Morgan fingerprint density at radius 3 is 2.08 bits per heavy atom. The smallest absolute Gasteiger partial charge is 0.290 e. The SMILES string of the molecule is CCC(NC(=O)[C@H]1N(C(=O)[C@@H](NC(=O)[C@@H](NC(=O)c2cnccn2)C(C)C)C(C)C)CCC1(C)C)C(=O)C(=O)N[C@@H](C)c1ccccc1. The number of hydrogen-bond acceptors (Lipinski definition) is 8. The first-order chi connectivity index (χ1) is 22.6. The third-order valence-electron chi connectivity index (χ3n) is 8.75. The lowest BCUT2D eigenvalue weighted by Gasteiger charge is -2.36. The molecule has 1 aliphatic heterocycles. The van der Waals surface area contributed by atoms with Gasteiger partial charge in [0.2, 0.25) is 23.5 Å². The molecule has 5 atom stereocenters. The Labute approximate surface area is 282 Å². The van der Waals surface area contributed by atoms with Crippen LogP contribution >= 0.6 is 0 Å². The number of likely N-dealkylation sites (tertiary alicyclic amines) is 1. The number of ketones is 1. The molecule has 13 nitrogen and oxygen atoms in total. The number of rotatable bonds is 14. The molecule has 260 valence electrons. The van der Waals surface area contributed by atoms with Gasteiger partial charge in [-0.15, -0.1) is 0 Å². The minimum Gasteiger partial charge on any atom is -0.344 e. The Bertz CT molecular complexity index is 1460. The van der Waals surface area contributed by atoms with Crippen LogP contribution in [0, 0.1) is 17.3 Å². The normalized spacial score (nSPS) is 18.0. The van der Waals surface area contributed by atoms with Crippen molar-refractivity contribution in [1.29, 1.82) is 0 Å². The first-order valence-corrected chi connectivity index (χ1v) is 16.5. The second-order valence-corrected chi connectivity index (χ2v) is 13.6. The molecule has 1 aromatic heterocycles. The maximum absolute atomic E-state index is 14.1.